The zero-order valence-corrected chi connectivity index (χ0v) is 13.2. The van der Waals surface area contributed by atoms with Gasteiger partial charge in [0.25, 0.3) is 0 Å². The van der Waals surface area contributed by atoms with Gasteiger partial charge in [-0.15, -0.1) is 0 Å². The van der Waals surface area contributed by atoms with Gasteiger partial charge in [0.15, 0.2) is 0 Å². The Balaban J connectivity index is 1.39. The molecule has 3 saturated heterocycles. The van der Waals surface area contributed by atoms with Crippen LogP contribution in [0, 0.1) is 18.8 Å². The van der Waals surface area contributed by atoms with Gasteiger partial charge in [0.2, 0.25) is 5.91 Å². The Morgan fingerprint density at radius 2 is 2.18 bits per heavy atom. The monoisotopic (exact) mass is 300 g/mol. The van der Waals surface area contributed by atoms with E-state index in [0.29, 0.717) is 11.8 Å². The largest absolute Gasteiger partial charge is 0.462 e. The molecule has 4 heteroatoms. The van der Waals surface area contributed by atoms with Gasteiger partial charge in [-0.3, -0.25) is 9.69 Å². The van der Waals surface area contributed by atoms with E-state index in [0.717, 1.165) is 30.7 Å². The SMILES string of the molecule is Cc1ccc(/C=C/C(=O)N2C[C@@H]3CN4CCCC[C@@H]4[C@@H]3C2)o1. The average molecular weight is 300 g/mol. The van der Waals surface area contributed by atoms with Gasteiger partial charge in [0, 0.05) is 31.8 Å². The van der Waals surface area contributed by atoms with E-state index in [-0.39, 0.29) is 5.91 Å². The summed E-state index contributed by atoms with van der Waals surface area (Å²) in [6.45, 7) is 6.24. The second-order valence-corrected chi connectivity index (χ2v) is 7.01. The lowest BCUT2D eigenvalue weighted by atomic mass is 9.90. The number of piperidine rings is 1. The van der Waals surface area contributed by atoms with Crippen LogP contribution in [0.1, 0.15) is 30.8 Å². The molecule has 0 saturated carbocycles. The van der Waals surface area contributed by atoms with Crippen molar-refractivity contribution in [2.45, 2.75) is 32.2 Å². The molecule has 0 unspecified atom stereocenters. The standard InChI is InChI=1S/C18H24N2O2/c1-13-5-6-15(22-13)7-8-18(21)20-11-14-10-19-9-3-2-4-17(19)16(14)12-20/h5-8,14,16-17H,2-4,9-12H2,1H3/b8-7+/t14-,16+,17+/m0/s1. The van der Waals surface area contributed by atoms with Crippen LogP contribution in [0.2, 0.25) is 0 Å². The topological polar surface area (TPSA) is 36.7 Å². The Kier molecular flexibility index (Phi) is 3.57. The summed E-state index contributed by atoms with van der Waals surface area (Å²) < 4.78 is 5.48. The molecule has 1 aromatic rings. The van der Waals surface area contributed by atoms with Crippen LogP contribution in [0.3, 0.4) is 0 Å². The van der Waals surface area contributed by atoms with Crippen LogP contribution in [0.4, 0.5) is 0 Å². The molecule has 3 aliphatic rings. The molecule has 0 spiro atoms. The van der Waals surface area contributed by atoms with Crippen molar-refractivity contribution in [2.24, 2.45) is 11.8 Å². The predicted octanol–water partition coefficient (Wildman–Crippen LogP) is 2.54. The van der Waals surface area contributed by atoms with E-state index in [1.54, 1.807) is 12.2 Å². The smallest absolute Gasteiger partial charge is 0.246 e. The molecule has 3 atom stereocenters. The van der Waals surface area contributed by atoms with Crippen molar-refractivity contribution in [3.8, 4) is 0 Å². The number of likely N-dealkylation sites (tertiary alicyclic amines) is 1. The fraction of sp³-hybridized carbons (Fsp3) is 0.611. The number of rotatable bonds is 2. The van der Waals surface area contributed by atoms with Gasteiger partial charge >= 0.3 is 0 Å². The van der Waals surface area contributed by atoms with Crippen LogP contribution in [-0.4, -0.2) is 47.9 Å². The minimum Gasteiger partial charge on any atom is -0.462 e. The van der Waals surface area contributed by atoms with Crippen molar-refractivity contribution in [3.05, 3.63) is 29.7 Å². The first-order valence-electron chi connectivity index (χ1n) is 8.48. The highest BCUT2D eigenvalue weighted by Gasteiger charge is 2.47. The summed E-state index contributed by atoms with van der Waals surface area (Å²) in [6.07, 6.45) is 7.49. The minimum atomic E-state index is 0.130. The Labute approximate surface area is 131 Å². The van der Waals surface area contributed by atoms with E-state index < -0.39 is 0 Å². The summed E-state index contributed by atoms with van der Waals surface area (Å²) >= 11 is 0. The third kappa shape index (κ3) is 2.50. The van der Waals surface area contributed by atoms with Gasteiger partial charge < -0.3 is 9.32 Å². The quantitative estimate of drug-likeness (QED) is 0.788. The molecule has 1 amide bonds. The van der Waals surface area contributed by atoms with Crippen LogP contribution >= 0.6 is 0 Å². The van der Waals surface area contributed by atoms with Crippen molar-refractivity contribution in [1.29, 1.82) is 0 Å². The van der Waals surface area contributed by atoms with E-state index in [1.807, 2.05) is 24.0 Å². The minimum absolute atomic E-state index is 0.130. The third-order valence-corrected chi connectivity index (χ3v) is 5.58. The number of hydrogen-bond acceptors (Lipinski definition) is 3. The predicted molar refractivity (Wildman–Crippen MR) is 85.3 cm³/mol. The number of amides is 1. The first kappa shape index (κ1) is 14.1. The van der Waals surface area contributed by atoms with E-state index >= 15 is 0 Å². The first-order valence-corrected chi connectivity index (χ1v) is 8.48. The number of fused-ring (bicyclic) bond motifs is 3. The lowest BCUT2D eigenvalue weighted by molar-refractivity contribution is -0.125. The molecular formula is C18H24N2O2. The highest BCUT2D eigenvalue weighted by molar-refractivity contribution is 5.91. The molecule has 0 N–H and O–H groups in total. The molecule has 118 valence electrons. The molecule has 0 radical (unpaired) electrons. The average Bonchev–Trinajstić information content (AvgIpc) is 3.18. The molecule has 4 heterocycles. The van der Waals surface area contributed by atoms with Crippen molar-refractivity contribution < 1.29 is 9.21 Å². The van der Waals surface area contributed by atoms with Crippen molar-refractivity contribution in [2.75, 3.05) is 26.2 Å². The van der Waals surface area contributed by atoms with Crippen molar-refractivity contribution >= 4 is 12.0 Å². The molecule has 4 rings (SSSR count). The second-order valence-electron chi connectivity index (χ2n) is 7.01. The summed E-state index contributed by atoms with van der Waals surface area (Å²) in [4.78, 5) is 17.1. The van der Waals surface area contributed by atoms with Gasteiger partial charge in [-0.05, 0) is 56.4 Å². The van der Waals surface area contributed by atoms with E-state index in [1.165, 1.54) is 32.4 Å². The number of carbonyl (C=O) groups excluding carboxylic acids is 1. The maximum absolute atomic E-state index is 12.4. The summed E-state index contributed by atoms with van der Waals surface area (Å²) in [7, 11) is 0. The lowest BCUT2D eigenvalue weighted by Gasteiger charge is -2.33. The Bertz CT molecular complexity index is 592. The summed E-state index contributed by atoms with van der Waals surface area (Å²) in [5, 5.41) is 0. The summed E-state index contributed by atoms with van der Waals surface area (Å²) in [5.74, 6) is 3.14. The van der Waals surface area contributed by atoms with E-state index in [4.69, 9.17) is 4.42 Å². The molecule has 4 nitrogen and oxygen atoms in total. The van der Waals surface area contributed by atoms with Crippen LogP contribution < -0.4 is 0 Å². The zero-order valence-electron chi connectivity index (χ0n) is 13.2. The lowest BCUT2D eigenvalue weighted by Crippen LogP contribution is -2.40. The van der Waals surface area contributed by atoms with Crippen molar-refractivity contribution in [3.63, 3.8) is 0 Å². The van der Waals surface area contributed by atoms with Crippen molar-refractivity contribution in [1.82, 2.24) is 9.80 Å². The fourth-order valence-corrected chi connectivity index (χ4v) is 4.54. The highest BCUT2D eigenvalue weighted by atomic mass is 16.3. The molecule has 0 aromatic carbocycles. The van der Waals surface area contributed by atoms with Crippen LogP contribution in [-0.2, 0) is 4.79 Å². The highest BCUT2D eigenvalue weighted by Crippen LogP contribution is 2.40. The molecule has 3 aliphatic heterocycles. The van der Waals surface area contributed by atoms with Gasteiger partial charge in [0.1, 0.15) is 11.5 Å². The fourth-order valence-electron chi connectivity index (χ4n) is 4.54. The zero-order chi connectivity index (χ0) is 15.1. The second kappa shape index (κ2) is 5.58. The van der Waals surface area contributed by atoms with Gasteiger partial charge in [0.05, 0.1) is 0 Å². The normalized spacial score (nSPS) is 31.7. The van der Waals surface area contributed by atoms with Gasteiger partial charge in [-0.2, -0.15) is 0 Å². The molecule has 3 fully saturated rings. The van der Waals surface area contributed by atoms with Crippen LogP contribution in [0.5, 0.6) is 0 Å². The van der Waals surface area contributed by atoms with Crippen LogP contribution in [0.25, 0.3) is 6.08 Å². The number of aryl methyl sites for hydroxylation is 1. The Morgan fingerprint density at radius 3 is 3.00 bits per heavy atom. The number of nitrogens with zero attached hydrogens (tertiary/aromatic N) is 2. The number of hydrogen-bond donors (Lipinski definition) is 0. The van der Waals surface area contributed by atoms with E-state index in [9.17, 15) is 4.79 Å². The first-order chi connectivity index (χ1) is 10.7. The molecular weight excluding hydrogens is 276 g/mol. The maximum Gasteiger partial charge on any atom is 0.246 e. The summed E-state index contributed by atoms with van der Waals surface area (Å²) in [6, 6.07) is 4.55. The van der Waals surface area contributed by atoms with Crippen LogP contribution in [0.15, 0.2) is 22.6 Å². The molecule has 22 heavy (non-hydrogen) atoms. The van der Waals surface area contributed by atoms with Gasteiger partial charge in [-0.1, -0.05) is 6.42 Å². The summed E-state index contributed by atoms with van der Waals surface area (Å²) in [5.41, 5.74) is 0. The number of furan rings is 1. The Morgan fingerprint density at radius 1 is 1.27 bits per heavy atom. The maximum atomic E-state index is 12.4. The van der Waals surface area contributed by atoms with Gasteiger partial charge in [-0.25, -0.2) is 0 Å². The molecule has 1 aromatic heterocycles. The Hall–Kier alpha value is -1.55. The third-order valence-electron chi connectivity index (χ3n) is 5.58. The number of carbonyl (C=O) groups is 1. The molecule has 0 aliphatic carbocycles. The molecule has 0 bridgehead atoms. The van der Waals surface area contributed by atoms with E-state index in [2.05, 4.69) is 4.90 Å².